The fraction of sp³-hybridized carbons (Fsp3) is 0.953. The largest absolute Gasteiger partial charge is 0.756 e. The molecule has 0 saturated heterocycles. The fourth-order valence-corrected chi connectivity index (χ4v) is 10.9. The molecule has 0 aromatic rings. The van der Waals surface area contributed by atoms with Gasteiger partial charge in [-0.3, -0.25) is 9.36 Å². The van der Waals surface area contributed by atoms with Crippen molar-refractivity contribution in [2.75, 3.05) is 40.9 Å². The van der Waals surface area contributed by atoms with Crippen molar-refractivity contribution in [2.45, 2.75) is 353 Å². The highest BCUT2D eigenvalue weighted by Gasteiger charge is 2.23. The molecule has 0 aromatic carbocycles. The molecule has 0 rings (SSSR count). The number of amides is 1. The van der Waals surface area contributed by atoms with Gasteiger partial charge in [0.15, 0.2) is 0 Å². The minimum atomic E-state index is -4.60. The second-order valence-electron chi connectivity index (χ2n) is 23.8. The Hall–Kier alpha value is -0.760. The van der Waals surface area contributed by atoms with Gasteiger partial charge in [0.05, 0.1) is 39.9 Å². The van der Waals surface area contributed by atoms with Crippen molar-refractivity contribution in [3.8, 4) is 0 Å². The number of phosphoric ester groups is 1. The minimum Gasteiger partial charge on any atom is -0.756 e. The van der Waals surface area contributed by atoms with Crippen LogP contribution < -0.4 is 10.2 Å². The SMILES string of the molecule is CCCCCCCCCCCCCCCCCCCCCCC/C=C/C(O)C(COP(=O)([O-])OCC[N+](C)(C)C)NC(=O)CCCCCCCCCCCCCCCCCCCCCCCCCCCCCC. The van der Waals surface area contributed by atoms with Crippen LogP contribution in [0.4, 0.5) is 0 Å². The molecule has 0 saturated carbocycles. The number of rotatable bonds is 61. The number of quaternary nitrogens is 1. The van der Waals surface area contributed by atoms with E-state index in [1.165, 1.54) is 283 Å². The third-order valence-electron chi connectivity index (χ3n) is 15.2. The second-order valence-corrected chi connectivity index (χ2v) is 25.2. The summed E-state index contributed by atoms with van der Waals surface area (Å²) >= 11 is 0. The summed E-state index contributed by atoms with van der Waals surface area (Å²) < 4.78 is 23.4. The number of nitrogens with one attached hydrogen (secondary N) is 1. The van der Waals surface area contributed by atoms with E-state index in [9.17, 15) is 19.4 Å². The van der Waals surface area contributed by atoms with Gasteiger partial charge in [0, 0.05) is 6.42 Å². The predicted molar refractivity (Wildman–Crippen MR) is 316 cm³/mol. The molecule has 1 amide bonds. The fourth-order valence-electron chi connectivity index (χ4n) is 10.2. The van der Waals surface area contributed by atoms with Crippen LogP contribution in [0.2, 0.25) is 0 Å². The first-order valence-electron chi connectivity index (χ1n) is 32.6. The number of nitrogens with zero attached hydrogens (tertiary/aromatic N) is 1. The molecule has 3 atom stereocenters. The van der Waals surface area contributed by atoms with E-state index in [0.29, 0.717) is 17.4 Å². The lowest BCUT2D eigenvalue weighted by atomic mass is 10.0. The summed E-state index contributed by atoms with van der Waals surface area (Å²) in [6.45, 7) is 4.72. The number of aliphatic hydroxyl groups excluding tert-OH is 1. The van der Waals surface area contributed by atoms with E-state index in [1.54, 1.807) is 6.08 Å². The van der Waals surface area contributed by atoms with Gasteiger partial charge in [-0.05, 0) is 19.3 Å². The average molecular weight is 1050 g/mol. The third-order valence-corrected chi connectivity index (χ3v) is 16.2. The molecule has 3 unspecified atom stereocenters. The standard InChI is InChI=1S/C64H129N2O6P/c1-6-8-10-12-14-16-18-20-22-24-26-28-30-31-32-33-34-36-38-40-42-44-46-48-50-52-54-56-58-64(68)65-62(61-72-73(69,70)71-60-59-66(3,4)5)63(67)57-55-53-51-49-47-45-43-41-39-37-35-29-27-25-23-21-19-17-15-13-11-9-7-2/h55,57,62-63,67H,6-54,56,58-61H2,1-5H3,(H-,65,68,69,70)/b57-55+. The topological polar surface area (TPSA) is 108 Å². The Labute approximate surface area is 456 Å². The maximum Gasteiger partial charge on any atom is 0.268 e. The first-order valence-corrected chi connectivity index (χ1v) is 34.0. The van der Waals surface area contributed by atoms with E-state index < -0.39 is 20.0 Å². The van der Waals surface area contributed by atoms with Crippen molar-refractivity contribution in [2.24, 2.45) is 0 Å². The molecule has 0 bridgehead atoms. The summed E-state index contributed by atoms with van der Waals surface area (Å²) in [5.41, 5.74) is 0. The van der Waals surface area contributed by atoms with Gasteiger partial charge in [0.1, 0.15) is 13.2 Å². The van der Waals surface area contributed by atoms with E-state index in [2.05, 4.69) is 19.2 Å². The van der Waals surface area contributed by atoms with E-state index in [-0.39, 0.29) is 19.1 Å². The monoisotopic (exact) mass is 1050 g/mol. The Morgan fingerprint density at radius 3 is 1.03 bits per heavy atom. The number of allylic oxidation sites excluding steroid dienone is 1. The summed E-state index contributed by atoms with van der Waals surface area (Å²) in [4.78, 5) is 25.6. The highest BCUT2D eigenvalue weighted by atomic mass is 31.2. The summed E-state index contributed by atoms with van der Waals surface area (Å²) in [7, 11) is 1.28. The second kappa shape index (κ2) is 56.0. The van der Waals surface area contributed by atoms with Crippen LogP contribution in [0.5, 0.6) is 0 Å². The maximum absolute atomic E-state index is 13.0. The number of likely N-dealkylation sites (N-methyl/N-ethyl adjacent to an activating group) is 1. The molecule has 2 N–H and O–H groups in total. The van der Waals surface area contributed by atoms with E-state index in [4.69, 9.17) is 9.05 Å². The van der Waals surface area contributed by atoms with Crippen molar-refractivity contribution < 1.29 is 32.9 Å². The average Bonchev–Trinajstić information content (AvgIpc) is 3.35. The smallest absolute Gasteiger partial charge is 0.268 e. The molecule has 436 valence electrons. The summed E-state index contributed by atoms with van der Waals surface area (Å²) in [6, 6.07) is -0.883. The first kappa shape index (κ1) is 72.2. The Morgan fingerprint density at radius 2 is 0.740 bits per heavy atom. The van der Waals surface area contributed by atoms with Gasteiger partial charge in [-0.15, -0.1) is 0 Å². The van der Waals surface area contributed by atoms with Gasteiger partial charge >= 0.3 is 0 Å². The molecule has 0 fully saturated rings. The van der Waals surface area contributed by atoms with Crippen molar-refractivity contribution in [3.63, 3.8) is 0 Å². The van der Waals surface area contributed by atoms with Crippen LogP contribution in [-0.2, 0) is 18.4 Å². The van der Waals surface area contributed by atoms with E-state index >= 15 is 0 Å². The molecule has 0 aliphatic heterocycles. The summed E-state index contributed by atoms with van der Waals surface area (Å²) in [5.74, 6) is -0.188. The highest BCUT2D eigenvalue weighted by molar-refractivity contribution is 7.45. The van der Waals surface area contributed by atoms with Crippen LogP contribution >= 0.6 is 7.82 Å². The highest BCUT2D eigenvalue weighted by Crippen LogP contribution is 2.38. The first-order chi connectivity index (χ1) is 35.5. The zero-order valence-corrected chi connectivity index (χ0v) is 50.8. The molecule has 0 aliphatic rings. The third kappa shape index (κ3) is 58.8. The lowest BCUT2D eigenvalue weighted by Crippen LogP contribution is -2.45. The van der Waals surface area contributed by atoms with Gasteiger partial charge in [0.25, 0.3) is 7.82 Å². The molecule has 0 heterocycles. The van der Waals surface area contributed by atoms with E-state index in [0.717, 1.165) is 38.5 Å². The van der Waals surface area contributed by atoms with Gasteiger partial charge in [-0.2, -0.15) is 0 Å². The number of aliphatic hydroxyl groups is 1. The molecule has 0 aliphatic carbocycles. The number of hydrogen-bond acceptors (Lipinski definition) is 6. The van der Waals surface area contributed by atoms with Crippen molar-refractivity contribution in [1.82, 2.24) is 5.32 Å². The summed E-state index contributed by atoms with van der Waals surface area (Å²) in [5, 5.41) is 13.9. The molecule has 73 heavy (non-hydrogen) atoms. The molecule has 8 nitrogen and oxygen atoms in total. The number of carbonyl (C=O) groups is 1. The number of phosphoric acid groups is 1. The summed E-state index contributed by atoms with van der Waals surface area (Å²) in [6.07, 6.45) is 70.3. The van der Waals surface area contributed by atoms with Gasteiger partial charge in [-0.1, -0.05) is 328 Å². The molecule has 0 spiro atoms. The van der Waals surface area contributed by atoms with E-state index in [1.807, 2.05) is 27.2 Å². The van der Waals surface area contributed by atoms with Gasteiger partial charge in [-0.25, -0.2) is 0 Å². The Kier molecular flexibility index (Phi) is 55.4. The maximum atomic E-state index is 13.0. The minimum absolute atomic E-state index is 0.00290. The molecule has 0 aromatic heterocycles. The normalized spacial score (nSPS) is 13.8. The Bertz CT molecular complexity index is 1200. The quantitative estimate of drug-likeness (QED) is 0.0272. The number of hydrogen-bond donors (Lipinski definition) is 2. The van der Waals surface area contributed by atoms with Gasteiger partial charge in [0.2, 0.25) is 5.91 Å². The zero-order chi connectivity index (χ0) is 53.5. The van der Waals surface area contributed by atoms with Crippen molar-refractivity contribution >= 4 is 13.7 Å². The van der Waals surface area contributed by atoms with Crippen molar-refractivity contribution in [3.05, 3.63) is 12.2 Å². The molecular weight excluding hydrogens is 924 g/mol. The van der Waals surface area contributed by atoms with Crippen LogP contribution in [0.3, 0.4) is 0 Å². The molecule has 9 heteroatoms. The number of carbonyl (C=O) groups excluding carboxylic acids is 1. The molecular formula is C64H129N2O6P. The van der Waals surface area contributed by atoms with Crippen molar-refractivity contribution in [1.29, 1.82) is 0 Å². The van der Waals surface area contributed by atoms with Crippen LogP contribution in [0.25, 0.3) is 0 Å². The Morgan fingerprint density at radius 1 is 0.466 bits per heavy atom. The molecule has 0 radical (unpaired) electrons. The van der Waals surface area contributed by atoms with Gasteiger partial charge < -0.3 is 28.8 Å². The Balaban J connectivity index is 4.07. The lowest BCUT2D eigenvalue weighted by Gasteiger charge is -2.29. The zero-order valence-electron chi connectivity index (χ0n) is 49.9. The van der Waals surface area contributed by atoms with Crippen LogP contribution in [-0.4, -0.2) is 68.5 Å². The lowest BCUT2D eigenvalue weighted by molar-refractivity contribution is -0.870. The van der Waals surface area contributed by atoms with Crippen LogP contribution in [0.15, 0.2) is 12.2 Å². The van der Waals surface area contributed by atoms with Crippen LogP contribution in [0, 0.1) is 0 Å². The predicted octanol–water partition coefficient (Wildman–Crippen LogP) is 19.5. The number of unbranched alkanes of at least 4 members (excludes halogenated alkanes) is 48. The van der Waals surface area contributed by atoms with Crippen LogP contribution in [0.1, 0.15) is 341 Å².